The van der Waals surface area contributed by atoms with E-state index < -0.39 is 0 Å². The van der Waals surface area contributed by atoms with Crippen molar-refractivity contribution >= 4 is 23.2 Å². The smallest absolute Gasteiger partial charge is 0.258 e. The average molecular weight is 360 g/mol. The van der Waals surface area contributed by atoms with Crippen LogP contribution >= 0.6 is 0 Å². The predicted molar refractivity (Wildman–Crippen MR) is 110 cm³/mol. The van der Waals surface area contributed by atoms with Crippen molar-refractivity contribution < 1.29 is 4.79 Å². The Morgan fingerprint density at radius 2 is 1.41 bits per heavy atom. The highest BCUT2D eigenvalue weighted by atomic mass is 16.1. The number of rotatable bonds is 4. The SMILES string of the molecule is Cc1ccc(NC(=O)c2cnc(Nc3c(C)cc(C)cc3C)nc2)c(C)c1. The molecule has 1 aromatic heterocycles. The number of benzene rings is 2. The standard InChI is InChI=1S/C22H24N4O/c1-13-6-7-19(15(3)8-13)25-21(27)18-11-23-22(24-12-18)26-20-16(4)9-14(2)10-17(20)5/h6-12H,1-5H3,(H,25,27)(H,23,24,26). The monoisotopic (exact) mass is 360 g/mol. The Labute approximate surface area is 159 Å². The molecule has 0 unspecified atom stereocenters. The lowest BCUT2D eigenvalue weighted by molar-refractivity contribution is 0.102. The van der Waals surface area contributed by atoms with Crippen molar-refractivity contribution in [2.45, 2.75) is 34.6 Å². The van der Waals surface area contributed by atoms with E-state index in [1.54, 1.807) is 0 Å². The molecule has 0 spiro atoms. The van der Waals surface area contributed by atoms with Crippen LogP contribution in [0, 0.1) is 34.6 Å². The summed E-state index contributed by atoms with van der Waals surface area (Å²) >= 11 is 0. The van der Waals surface area contributed by atoms with E-state index in [1.807, 2.05) is 45.9 Å². The maximum absolute atomic E-state index is 12.5. The van der Waals surface area contributed by atoms with Gasteiger partial charge in [-0.05, 0) is 57.4 Å². The second-order valence-electron chi connectivity index (χ2n) is 6.97. The van der Waals surface area contributed by atoms with Gasteiger partial charge in [0, 0.05) is 23.8 Å². The maximum atomic E-state index is 12.5. The highest BCUT2D eigenvalue weighted by Crippen LogP contribution is 2.24. The van der Waals surface area contributed by atoms with E-state index in [4.69, 9.17) is 0 Å². The van der Waals surface area contributed by atoms with Crippen molar-refractivity contribution in [1.82, 2.24) is 9.97 Å². The summed E-state index contributed by atoms with van der Waals surface area (Å²) in [5.41, 5.74) is 7.86. The van der Waals surface area contributed by atoms with Crippen molar-refractivity contribution in [2.75, 3.05) is 10.6 Å². The normalized spacial score (nSPS) is 10.6. The highest BCUT2D eigenvalue weighted by Gasteiger charge is 2.11. The topological polar surface area (TPSA) is 66.9 Å². The summed E-state index contributed by atoms with van der Waals surface area (Å²) in [6.07, 6.45) is 3.07. The molecule has 0 fully saturated rings. The molecule has 138 valence electrons. The van der Waals surface area contributed by atoms with Gasteiger partial charge in [0.2, 0.25) is 5.95 Å². The van der Waals surface area contributed by atoms with Gasteiger partial charge in [-0.1, -0.05) is 35.4 Å². The van der Waals surface area contributed by atoms with Gasteiger partial charge < -0.3 is 10.6 Å². The Kier molecular flexibility index (Phi) is 5.21. The Hall–Kier alpha value is -3.21. The second kappa shape index (κ2) is 7.58. The Morgan fingerprint density at radius 1 is 0.815 bits per heavy atom. The van der Waals surface area contributed by atoms with Crippen LogP contribution in [-0.4, -0.2) is 15.9 Å². The number of hydrogen-bond acceptors (Lipinski definition) is 4. The van der Waals surface area contributed by atoms with Crippen molar-refractivity contribution in [1.29, 1.82) is 0 Å². The minimum absolute atomic E-state index is 0.226. The van der Waals surface area contributed by atoms with Crippen LogP contribution in [0.15, 0.2) is 42.7 Å². The van der Waals surface area contributed by atoms with Crippen LogP contribution in [0.4, 0.5) is 17.3 Å². The van der Waals surface area contributed by atoms with Crippen molar-refractivity contribution in [3.63, 3.8) is 0 Å². The largest absolute Gasteiger partial charge is 0.324 e. The van der Waals surface area contributed by atoms with Crippen molar-refractivity contribution in [3.05, 3.63) is 76.1 Å². The van der Waals surface area contributed by atoms with E-state index in [0.29, 0.717) is 11.5 Å². The van der Waals surface area contributed by atoms with Gasteiger partial charge in [0.05, 0.1) is 5.56 Å². The number of carbonyl (C=O) groups excluding carboxylic acids is 1. The van der Waals surface area contributed by atoms with Gasteiger partial charge in [-0.15, -0.1) is 0 Å². The summed E-state index contributed by atoms with van der Waals surface area (Å²) in [6, 6.07) is 10.1. The van der Waals surface area contributed by atoms with Gasteiger partial charge in [0.25, 0.3) is 5.91 Å². The van der Waals surface area contributed by atoms with Crippen molar-refractivity contribution in [3.8, 4) is 0 Å². The number of hydrogen-bond donors (Lipinski definition) is 2. The van der Waals surface area contributed by atoms with Gasteiger partial charge >= 0.3 is 0 Å². The molecule has 5 heteroatoms. The first-order chi connectivity index (χ1) is 12.8. The average Bonchev–Trinajstić information content (AvgIpc) is 2.61. The molecule has 27 heavy (non-hydrogen) atoms. The summed E-state index contributed by atoms with van der Waals surface area (Å²) in [4.78, 5) is 21.0. The third kappa shape index (κ3) is 4.31. The summed E-state index contributed by atoms with van der Waals surface area (Å²) in [7, 11) is 0. The van der Waals surface area contributed by atoms with Crippen LogP contribution < -0.4 is 10.6 Å². The molecule has 2 N–H and O–H groups in total. The lowest BCUT2D eigenvalue weighted by Crippen LogP contribution is -2.14. The molecule has 0 aliphatic heterocycles. The van der Waals surface area contributed by atoms with Crippen LogP contribution in [0.25, 0.3) is 0 Å². The first-order valence-corrected chi connectivity index (χ1v) is 8.89. The molecule has 0 saturated heterocycles. The fourth-order valence-electron chi connectivity index (χ4n) is 3.15. The minimum Gasteiger partial charge on any atom is -0.324 e. The lowest BCUT2D eigenvalue weighted by atomic mass is 10.1. The van der Waals surface area contributed by atoms with Crippen LogP contribution in [-0.2, 0) is 0 Å². The molecule has 1 heterocycles. The quantitative estimate of drug-likeness (QED) is 0.686. The van der Waals surface area contributed by atoms with Crippen LogP contribution in [0.3, 0.4) is 0 Å². The Morgan fingerprint density at radius 3 is 2.00 bits per heavy atom. The van der Waals surface area contributed by atoms with E-state index in [0.717, 1.165) is 33.6 Å². The second-order valence-corrected chi connectivity index (χ2v) is 6.97. The van der Waals surface area contributed by atoms with Gasteiger partial charge in [-0.25, -0.2) is 9.97 Å². The first-order valence-electron chi connectivity index (χ1n) is 8.89. The number of nitrogens with one attached hydrogen (secondary N) is 2. The maximum Gasteiger partial charge on any atom is 0.258 e. The fraction of sp³-hybridized carbons (Fsp3) is 0.227. The van der Waals surface area contributed by atoms with Crippen LogP contribution in [0.5, 0.6) is 0 Å². The number of nitrogens with zero attached hydrogens (tertiary/aromatic N) is 2. The number of aromatic nitrogens is 2. The van der Waals surface area contributed by atoms with Crippen LogP contribution in [0.2, 0.25) is 0 Å². The molecule has 3 aromatic rings. The van der Waals surface area contributed by atoms with E-state index in [-0.39, 0.29) is 5.91 Å². The zero-order chi connectivity index (χ0) is 19.6. The molecular formula is C22H24N4O. The number of aryl methyl sites for hydroxylation is 5. The molecule has 0 radical (unpaired) electrons. The van der Waals surface area contributed by atoms with E-state index in [9.17, 15) is 4.79 Å². The summed E-state index contributed by atoms with van der Waals surface area (Å²) in [6.45, 7) is 10.2. The van der Waals surface area contributed by atoms with Gasteiger partial charge in [0.15, 0.2) is 0 Å². The summed E-state index contributed by atoms with van der Waals surface area (Å²) in [5.74, 6) is 0.240. The molecule has 0 saturated carbocycles. The molecule has 3 rings (SSSR count). The number of amides is 1. The molecule has 0 aliphatic carbocycles. The van der Waals surface area contributed by atoms with Gasteiger partial charge in [-0.2, -0.15) is 0 Å². The van der Waals surface area contributed by atoms with Crippen LogP contribution in [0.1, 0.15) is 38.2 Å². The van der Waals surface area contributed by atoms with E-state index in [2.05, 4.69) is 39.7 Å². The molecule has 0 bridgehead atoms. The fourth-order valence-corrected chi connectivity index (χ4v) is 3.15. The summed E-state index contributed by atoms with van der Waals surface area (Å²) in [5, 5.41) is 6.15. The molecule has 0 aliphatic rings. The molecule has 0 atom stereocenters. The van der Waals surface area contributed by atoms with Gasteiger partial charge in [-0.3, -0.25) is 4.79 Å². The Balaban J connectivity index is 1.74. The molecule has 1 amide bonds. The highest BCUT2D eigenvalue weighted by molar-refractivity contribution is 6.04. The van der Waals surface area contributed by atoms with E-state index in [1.165, 1.54) is 18.0 Å². The molecule has 2 aromatic carbocycles. The predicted octanol–water partition coefficient (Wildman–Crippen LogP) is 5.01. The number of anilines is 3. The van der Waals surface area contributed by atoms with Gasteiger partial charge in [0.1, 0.15) is 0 Å². The zero-order valence-corrected chi connectivity index (χ0v) is 16.3. The third-order valence-corrected chi connectivity index (χ3v) is 4.46. The Bertz CT molecular complexity index is 971. The molecule has 5 nitrogen and oxygen atoms in total. The first kappa shape index (κ1) is 18.6. The zero-order valence-electron chi connectivity index (χ0n) is 16.3. The summed E-state index contributed by atoms with van der Waals surface area (Å²) < 4.78 is 0. The molecular weight excluding hydrogens is 336 g/mol. The lowest BCUT2D eigenvalue weighted by Gasteiger charge is -2.13. The minimum atomic E-state index is -0.226. The third-order valence-electron chi connectivity index (χ3n) is 4.46. The number of carbonyl (C=O) groups is 1. The van der Waals surface area contributed by atoms with Crippen molar-refractivity contribution in [2.24, 2.45) is 0 Å². The van der Waals surface area contributed by atoms with E-state index >= 15 is 0 Å².